The summed E-state index contributed by atoms with van der Waals surface area (Å²) < 4.78 is 1.84. The van der Waals surface area contributed by atoms with E-state index in [4.69, 9.17) is 9.78 Å². The lowest BCUT2D eigenvalue weighted by atomic mass is 10.0. The van der Waals surface area contributed by atoms with Gasteiger partial charge in [0.05, 0.1) is 13.2 Å². The fourth-order valence-electron chi connectivity index (χ4n) is 3.64. The Morgan fingerprint density at radius 1 is 0.688 bits per heavy atom. The van der Waals surface area contributed by atoms with E-state index in [0.717, 1.165) is 6.42 Å². The predicted octanol–water partition coefficient (Wildman–Crippen LogP) is 2.91. The standard InChI is InChI=1S/C26H46N2O3.ClH/c1-2-3-4-5-6-7-8-9-10-11-12-13-14-15-19-23-30-31-24-20-27-26(29)25-28-21-17-16-18-22-28;/h16-18,21-22H,2-15,19-20,23-25H2,1H3;1H. The summed E-state index contributed by atoms with van der Waals surface area (Å²) in [5.41, 5.74) is 0. The van der Waals surface area contributed by atoms with Crippen molar-refractivity contribution in [3.05, 3.63) is 30.6 Å². The molecule has 5 nitrogen and oxygen atoms in total. The van der Waals surface area contributed by atoms with Gasteiger partial charge in [0.1, 0.15) is 0 Å². The van der Waals surface area contributed by atoms with Gasteiger partial charge in [-0.3, -0.25) is 4.79 Å². The first-order chi connectivity index (χ1) is 15.3. The van der Waals surface area contributed by atoms with Crippen LogP contribution in [0.15, 0.2) is 30.6 Å². The normalized spacial score (nSPS) is 10.7. The minimum absolute atomic E-state index is 0. The molecule has 1 aromatic heterocycles. The van der Waals surface area contributed by atoms with E-state index >= 15 is 0 Å². The molecule has 0 aliphatic rings. The van der Waals surface area contributed by atoms with Crippen molar-refractivity contribution in [2.45, 2.75) is 110 Å². The minimum atomic E-state index is -0.0257. The Morgan fingerprint density at radius 2 is 1.16 bits per heavy atom. The molecule has 0 bridgehead atoms. The topological polar surface area (TPSA) is 51.4 Å². The van der Waals surface area contributed by atoms with E-state index in [1.54, 1.807) is 0 Å². The zero-order valence-corrected chi connectivity index (χ0v) is 21.1. The monoisotopic (exact) mass is 470 g/mol. The first kappa shape index (κ1) is 30.8. The summed E-state index contributed by atoms with van der Waals surface area (Å²) in [6.07, 6.45) is 24.1. The first-order valence-electron chi connectivity index (χ1n) is 12.8. The number of carbonyl (C=O) groups is 1. The molecule has 1 aromatic rings. The molecule has 1 heterocycles. The highest BCUT2D eigenvalue weighted by Gasteiger charge is 2.07. The molecule has 0 spiro atoms. The van der Waals surface area contributed by atoms with Crippen LogP contribution in [0.25, 0.3) is 0 Å². The Labute approximate surface area is 203 Å². The molecule has 186 valence electrons. The fourth-order valence-corrected chi connectivity index (χ4v) is 3.64. The van der Waals surface area contributed by atoms with Crippen LogP contribution in [-0.2, 0) is 21.1 Å². The maximum Gasteiger partial charge on any atom is 0.286 e. The number of rotatable bonds is 22. The van der Waals surface area contributed by atoms with Gasteiger partial charge in [-0.05, 0) is 6.42 Å². The van der Waals surface area contributed by atoms with Crippen molar-refractivity contribution in [2.24, 2.45) is 0 Å². The number of hydrogen-bond acceptors (Lipinski definition) is 3. The van der Waals surface area contributed by atoms with Crippen LogP contribution in [0.4, 0.5) is 0 Å². The number of hydrogen-bond donors (Lipinski definition) is 1. The zero-order valence-electron chi connectivity index (χ0n) is 20.4. The van der Waals surface area contributed by atoms with Gasteiger partial charge < -0.3 is 17.7 Å². The third-order valence-corrected chi connectivity index (χ3v) is 5.53. The Hall–Kier alpha value is -1.17. The van der Waals surface area contributed by atoms with Crippen LogP contribution < -0.4 is 22.3 Å². The quantitative estimate of drug-likeness (QED) is 0.123. The molecule has 0 radical (unpaired) electrons. The largest absolute Gasteiger partial charge is 1.00 e. The van der Waals surface area contributed by atoms with Crippen LogP contribution >= 0.6 is 0 Å². The predicted molar refractivity (Wildman–Crippen MR) is 126 cm³/mol. The van der Waals surface area contributed by atoms with Crippen molar-refractivity contribution < 1.29 is 31.5 Å². The molecule has 32 heavy (non-hydrogen) atoms. The molecule has 0 aliphatic heterocycles. The summed E-state index contributed by atoms with van der Waals surface area (Å²) in [7, 11) is 0. The summed E-state index contributed by atoms with van der Waals surface area (Å²) in [5, 5.41) is 2.82. The maximum atomic E-state index is 11.8. The second-order valence-corrected chi connectivity index (χ2v) is 8.49. The van der Waals surface area contributed by atoms with Crippen molar-refractivity contribution in [3.63, 3.8) is 0 Å². The van der Waals surface area contributed by atoms with Crippen molar-refractivity contribution in [2.75, 3.05) is 19.8 Å². The summed E-state index contributed by atoms with van der Waals surface area (Å²) in [5.74, 6) is -0.0257. The van der Waals surface area contributed by atoms with E-state index in [0.29, 0.717) is 26.3 Å². The van der Waals surface area contributed by atoms with Crippen molar-refractivity contribution >= 4 is 5.91 Å². The first-order valence-corrected chi connectivity index (χ1v) is 12.8. The number of unbranched alkanes of at least 4 members (excludes halogenated alkanes) is 14. The van der Waals surface area contributed by atoms with Gasteiger partial charge in [0.15, 0.2) is 12.4 Å². The van der Waals surface area contributed by atoms with E-state index < -0.39 is 0 Å². The van der Waals surface area contributed by atoms with Crippen molar-refractivity contribution in [1.82, 2.24) is 5.32 Å². The Balaban J connectivity index is 0.00000961. The number of halogens is 1. The van der Waals surface area contributed by atoms with E-state index in [9.17, 15) is 4.79 Å². The third kappa shape index (κ3) is 20.7. The number of nitrogens with zero attached hydrogens (tertiary/aromatic N) is 1. The van der Waals surface area contributed by atoms with Crippen LogP contribution in [0.3, 0.4) is 0 Å². The van der Waals surface area contributed by atoms with Gasteiger partial charge in [-0.2, -0.15) is 4.57 Å². The van der Waals surface area contributed by atoms with Gasteiger partial charge in [0.2, 0.25) is 6.54 Å². The molecule has 0 atom stereocenters. The number of nitrogens with one attached hydrogen (secondary N) is 1. The molecule has 0 aromatic carbocycles. The van der Waals surface area contributed by atoms with Crippen LogP contribution in [0, 0.1) is 0 Å². The summed E-state index contributed by atoms with van der Waals surface area (Å²) in [4.78, 5) is 22.1. The molecule has 0 fully saturated rings. The number of pyridine rings is 1. The summed E-state index contributed by atoms with van der Waals surface area (Å²) in [6.45, 7) is 4.07. The third-order valence-electron chi connectivity index (χ3n) is 5.53. The van der Waals surface area contributed by atoms with Crippen LogP contribution in [0.1, 0.15) is 103 Å². The lowest BCUT2D eigenvalue weighted by Crippen LogP contribution is -3.00. The van der Waals surface area contributed by atoms with Gasteiger partial charge in [-0.15, -0.1) is 0 Å². The lowest BCUT2D eigenvalue weighted by Gasteiger charge is -2.05. The minimum Gasteiger partial charge on any atom is -1.00 e. The van der Waals surface area contributed by atoms with Gasteiger partial charge in [0.25, 0.3) is 5.91 Å². The smallest absolute Gasteiger partial charge is 0.286 e. The van der Waals surface area contributed by atoms with Crippen LogP contribution in [-0.4, -0.2) is 25.7 Å². The highest BCUT2D eigenvalue weighted by Crippen LogP contribution is 2.13. The van der Waals surface area contributed by atoms with Crippen molar-refractivity contribution in [1.29, 1.82) is 0 Å². The van der Waals surface area contributed by atoms with Crippen molar-refractivity contribution in [3.8, 4) is 0 Å². The van der Waals surface area contributed by atoms with Gasteiger partial charge in [0, 0.05) is 18.7 Å². The average molecular weight is 471 g/mol. The Kier molecular flexibility index (Phi) is 23.6. The lowest BCUT2D eigenvalue weighted by molar-refractivity contribution is -0.684. The van der Waals surface area contributed by atoms with Gasteiger partial charge in [-0.1, -0.05) is 103 Å². The average Bonchev–Trinajstić information content (AvgIpc) is 2.78. The molecule has 0 saturated carbocycles. The highest BCUT2D eigenvalue weighted by molar-refractivity contribution is 5.74. The van der Waals surface area contributed by atoms with Crippen LogP contribution in [0.2, 0.25) is 0 Å². The Morgan fingerprint density at radius 3 is 1.69 bits per heavy atom. The number of carbonyl (C=O) groups excluding carboxylic acids is 1. The molecule has 1 amide bonds. The van der Waals surface area contributed by atoms with E-state index in [-0.39, 0.29) is 18.3 Å². The molecule has 0 saturated heterocycles. The maximum absolute atomic E-state index is 11.8. The van der Waals surface area contributed by atoms with Gasteiger partial charge in [-0.25, -0.2) is 9.78 Å². The van der Waals surface area contributed by atoms with Gasteiger partial charge >= 0.3 is 0 Å². The van der Waals surface area contributed by atoms with E-state index in [2.05, 4.69) is 12.2 Å². The van der Waals surface area contributed by atoms with Crippen LogP contribution in [0.5, 0.6) is 0 Å². The zero-order chi connectivity index (χ0) is 22.2. The summed E-state index contributed by atoms with van der Waals surface area (Å²) in [6, 6.07) is 5.74. The molecule has 0 unspecified atom stereocenters. The second kappa shape index (κ2) is 24.5. The molecule has 6 heteroatoms. The highest BCUT2D eigenvalue weighted by atomic mass is 35.5. The molecular weight excluding hydrogens is 424 g/mol. The number of amides is 1. The molecule has 1 rings (SSSR count). The molecule has 0 aliphatic carbocycles. The fraction of sp³-hybridized carbons (Fsp3) is 0.769. The van der Waals surface area contributed by atoms with E-state index in [1.807, 2.05) is 35.2 Å². The second-order valence-electron chi connectivity index (χ2n) is 8.49. The Bertz CT molecular complexity index is 517. The SMILES string of the molecule is CCCCCCCCCCCCCCCCCOOCCNC(=O)C[n+]1ccccc1.[Cl-]. The van der Waals surface area contributed by atoms with E-state index in [1.165, 1.54) is 89.9 Å². The number of aromatic nitrogens is 1. The summed E-state index contributed by atoms with van der Waals surface area (Å²) >= 11 is 0. The molecule has 1 N–H and O–H groups in total. The molecular formula is C26H47ClN2O3.